The summed E-state index contributed by atoms with van der Waals surface area (Å²) in [6, 6.07) is 14.8. The number of para-hydroxylation sites is 1. The zero-order chi connectivity index (χ0) is 26.7. The van der Waals surface area contributed by atoms with Gasteiger partial charge < -0.3 is 24.3 Å². The lowest BCUT2D eigenvalue weighted by Crippen LogP contribution is -2.15. The van der Waals surface area contributed by atoms with E-state index in [9.17, 15) is 14.0 Å². The van der Waals surface area contributed by atoms with Crippen LogP contribution in [0, 0.1) is 12.7 Å². The van der Waals surface area contributed by atoms with E-state index in [1.165, 1.54) is 34.5 Å². The minimum Gasteiger partial charge on any atom is -0.493 e. The number of esters is 1. The number of amides is 1. The standard InChI is InChI=1S/C28H25FN2O6/c1-15-10-19(28(33)37-5)20(29)14-22(15)31-27(32)18-13-23(30-21-9-7-6-8-17(18)21)16-11-24(34-2)26(36-4)25(12-16)35-3/h6-14H,1-5H3,(H,31,32). The number of hydrogen-bond donors (Lipinski definition) is 1. The van der Waals surface area contributed by atoms with E-state index in [-0.39, 0.29) is 11.3 Å². The Morgan fingerprint density at radius 1 is 0.865 bits per heavy atom. The van der Waals surface area contributed by atoms with Gasteiger partial charge in [0.25, 0.3) is 5.91 Å². The lowest BCUT2D eigenvalue weighted by molar-refractivity contribution is 0.0595. The van der Waals surface area contributed by atoms with Crippen LogP contribution in [0.25, 0.3) is 22.2 Å². The molecule has 8 nitrogen and oxygen atoms in total. The fourth-order valence-corrected chi connectivity index (χ4v) is 4.01. The summed E-state index contributed by atoms with van der Waals surface area (Å²) in [5.74, 6) is -0.760. The maximum atomic E-state index is 14.6. The Morgan fingerprint density at radius 3 is 2.16 bits per heavy atom. The van der Waals surface area contributed by atoms with Gasteiger partial charge in [-0.15, -0.1) is 0 Å². The SMILES string of the molecule is COC(=O)c1cc(C)c(NC(=O)c2cc(-c3cc(OC)c(OC)c(OC)c3)nc3ccccc23)cc1F. The van der Waals surface area contributed by atoms with Crippen molar-refractivity contribution < 1.29 is 32.9 Å². The first-order valence-corrected chi connectivity index (χ1v) is 11.2. The number of methoxy groups -OCH3 is 4. The summed E-state index contributed by atoms with van der Waals surface area (Å²) in [5.41, 5.74) is 2.56. The van der Waals surface area contributed by atoms with Gasteiger partial charge in [0, 0.05) is 16.6 Å². The lowest BCUT2D eigenvalue weighted by Gasteiger charge is -2.15. The molecule has 0 unspecified atom stereocenters. The van der Waals surface area contributed by atoms with Crippen LogP contribution in [-0.4, -0.2) is 45.3 Å². The van der Waals surface area contributed by atoms with Crippen molar-refractivity contribution in [3.8, 4) is 28.5 Å². The number of rotatable bonds is 7. The fourth-order valence-electron chi connectivity index (χ4n) is 4.01. The zero-order valence-corrected chi connectivity index (χ0v) is 21.0. The van der Waals surface area contributed by atoms with Crippen LogP contribution < -0.4 is 19.5 Å². The molecule has 0 aliphatic rings. The molecule has 1 heterocycles. The average molecular weight is 505 g/mol. The largest absolute Gasteiger partial charge is 0.493 e. The van der Waals surface area contributed by atoms with E-state index in [4.69, 9.17) is 19.2 Å². The van der Waals surface area contributed by atoms with Gasteiger partial charge in [-0.2, -0.15) is 0 Å². The molecule has 0 saturated carbocycles. The number of halogens is 1. The molecule has 37 heavy (non-hydrogen) atoms. The highest BCUT2D eigenvalue weighted by Gasteiger charge is 2.20. The predicted octanol–water partition coefficient (Wildman–Crippen LogP) is 5.41. The van der Waals surface area contributed by atoms with Crippen molar-refractivity contribution in [3.63, 3.8) is 0 Å². The first-order chi connectivity index (χ1) is 17.8. The van der Waals surface area contributed by atoms with Crippen molar-refractivity contribution in [3.05, 3.63) is 77.1 Å². The van der Waals surface area contributed by atoms with E-state index >= 15 is 0 Å². The van der Waals surface area contributed by atoms with E-state index in [0.29, 0.717) is 50.5 Å². The monoisotopic (exact) mass is 504 g/mol. The zero-order valence-electron chi connectivity index (χ0n) is 21.0. The summed E-state index contributed by atoms with van der Waals surface area (Å²) in [7, 11) is 5.72. The summed E-state index contributed by atoms with van der Waals surface area (Å²) in [4.78, 5) is 30.0. The van der Waals surface area contributed by atoms with Crippen molar-refractivity contribution in [2.45, 2.75) is 6.92 Å². The van der Waals surface area contributed by atoms with Gasteiger partial charge in [-0.05, 0) is 48.9 Å². The Kier molecular flexibility index (Phi) is 7.24. The van der Waals surface area contributed by atoms with Crippen LogP contribution >= 0.6 is 0 Å². The topological polar surface area (TPSA) is 96.0 Å². The van der Waals surface area contributed by atoms with Crippen LogP contribution in [0.15, 0.2) is 54.6 Å². The first kappa shape index (κ1) is 25.4. The van der Waals surface area contributed by atoms with Gasteiger partial charge in [-0.1, -0.05) is 18.2 Å². The molecule has 0 aliphatic heterocycles. The first-order valence-electron chi connectivity index (χ1n) is 11.2. The molecule has 190 valence electrons. The number of nitrogens with zero attached hydrogens (tertiary/aromatic N) is 1. The summed E-state index contributed by atoms with van der Waals surface area (Å²) < 4.78 is 35.5. The maximum Gasteiger partial charge on any atom is 0.340 e. The average Bonchev–Trinajstić information content (AvgIpc) is 2.92. The molecule has 3 aromatic carbocycles. The van der Waals surface area contributed by atoms with Gasteiger partial charge in [-0.25, -0.2) is 14.2 Å². The van der Waals surface area contributed by atoms with Gasteiger partial charge in [0.15, 0.2) is 11.5 Å². The highest BCUT2D eigenvalue weighted by atomic mass is 19.1. The second-order valence-corrected chi connectivity index (χ2v) is 8.08. The highest BCUT2D eigenvalue weighted by molar-refractivity contribution is 6.13. The van der Waals surface area contributed by atoms with Gasteiger partial charge in [0.05, 0.1) is 50.8 Å². The number of ether oxygens (including phenoxy) is 4. The van der Waals surface area contributed by atoms with E-state index in [2.05, 4.69) is 10.1 Å². The maximum absolute atomic E-state index is 14.6. The summed E-state index contributed by atoms with van der Waals surface area (Å²) in [6.45, 7) is 1.66. The number of pyridine rings is 1. The fraction of sp³-hybridized carbons (Fsp3) is 0.179. The summed E-state index contributed by atoms with van der Waals surface area (Å²) >= 11 is 0. The number of carbonyl (C=O) groups is 2. The third-order valence-corrected chi connectivity index (χ3v) is 5.89. The number of fused-ring (bicyclic) bond motifs is 1. The van der Waals surface area contributed by atoms with Crippen LogP contribution in [0.5, 0.6) is 17.2 Å². The van der Waals surface area contributed by atoms with E-state index in [0.717, 1.165) is 6.07 Å². The van der Waals surface area contributed by atoms with Gasteiger partial charge in [0.1, 0.15) is 5.82 Å². The molecule has 0 atom stereocenters. The Morgan fingerprint density at radius 2 is 1.54 bits per heavy atom. The van der Waals surface area contributed by atoms with Crippen LogP contribution in [0.3, 0.4) is 0 Å². The molecule has 4 aromatic rings. The molecular weight excluding hydrogens is 479 g/mol. The molecule has 9 heteroatoms. The molecule has 1 aromatic heterocycles. The molecule has 0 spiro atoms. The second-order valence-electron chi connectivity index (χ2n) is 8.08. The molecule has 1 N–H and O–H groups in total. The molecular formula is C28H25FN2O6. The van der Waals surface area contributed by atoms with E-state index < -0.39 is 17.7 Å². The number of benzene rings is 3. The number of aryl methyl sites for hydroxylation is 1. The molecule has 0 aliphatic carbocycles. The minimum atomic E-state index is -0.801. The second kappa shape index (κ2) is 10.5. The molecule has 0 saturated heterocycles. The lowest BCUT2D eigenvalue weighted by atomic mass is 10.0. The molecule has 0 fully saturated rings. The number of carbonyl (C=O) groups excluding carboxylic acids is 2. The molecule has 0 bridgehead atoms. The number of aromatic nitrogens is 1. The van der Waals surface area contributed by atoms with Crippen molar-refractivity contribution in [1.82, 2.24) is 4.98 Å². The minimum absolute atomic E-state index is 0.211. The van der Waals surface area contributed by atoms with Crippen LogP contribution in [0.1, 0.15) is 26.3 Å². The quantitative estimate of drug-likeness (QED) is 0.336. The Hall–Kier alpha value is -4.66. The van der Waals surface area contributed by atoms with Crippen molar-refractivity contribution in [2.24, 2.45) is 0 Å². The van der Waals surface area contributed by atoms with Crippen LogP contribution in [0.2, 0.25) is 0 Å². The Balaban J connectivity index is 1.81. The number of anilines is 1. The summed E-state index contributed by atoms with van der Waals surface area (Å²) in [5, 5.41) is 3.37. The Bertz CT molecular complexity index is 1490. The van der Waals surface area contributed by atoms with E-state index in [1.807, 2.05) is 6.07 Å². The molecule has 0 radical (unpaired) electrons. The van der Waals surface area contributed by atoms with Crippen LogP contribution in [-0.2, 0) is 4.74 Å². The van der Waals surface area contributed by atoms with Gasteiger partial charge >= 0.3 is 5.97 Å². The normalized spacial score (nSPS) is 10.6. The highest BCUT2D eigenvalue weighted by Crippen LogP contribution is 2.41. The van der Waals surface area contributed by atoms with Crippen molar-refractivity contribution in [2.75, 3.05) is 33.8 Å². The van der Waals surface area contributed by atoms with Gasteiger partial charge in [-0.3, -0.25) is 4.79 Å². The third-order valence-electron chi connectivity index (χ3n) is 5.89. The van der Waals surface area contributed by atoms with Gasteiger partial charge in [0.2, 0.25) is 5.75 Å². The van der Waals surface area contributed by atoms with Crippen molar-refractivity contribution in [1.29, 1.82) is 0 Å². The number of hydrogen-bond acceptors (Lipinski definition) is 7. The molecule has 4 rings (SSSR count). The van der Waals surface area contributed by atoms with Crippen molar-refractivity contribution >= 4 is 28.5 Å². The summed E-state index contributed by atoms with van der Waals surface area (Å²) in [6.07, 6.45) is 0. The predicted molar refractivity (Wildman–Crippen MR) is 137 cm³/mol. The molecule has 1 amide bonds. The number of nitrogens with one attached hydrogen (secondary N) is 1. The smallest absolute Gasteiger partial charge is 0.340 e. The Labute approximate surface area is 212 Å². The van der Waals surface area contributed by atoms with Crippen LogP contribution in [0.4, 0.5) is 10.1 Å². The van der Waals surface area contributed by atoms with E-state index in [1.54, 1.807) is 43.3 Å². The third kappa shape index (κ3) is 4.88.